The molecule has 1 aromatic carbocycles. The van der Waals surface area contributed by atoms with Crippen molar-refractivity contribution in [1.29, 1.82) is 0 Å². The first-order valence-corrected chi connectivity index (χ1v) is 6.71. The Morgan fingerprint density at radius 3 is 2.28 bits per heavy atom. The summed E-state index contributed by atoms with van der Waals surface area (Å²) in [6.07, 6.45) is 0. The Labute approximate surface area is 121 Å². The van der Waals surface area contributed by atoms with Gasteiger partial charge in [0.05, 0.1) is 13.7 Å². The molecule has 3 nitrogen and oxygen atoms in total. The molecule has 0 aliphatic rings. The lowest BCUT2D eigenvalue weighted by molar-refractivity contribution is 0.230. The summed E-state index contributed by atoms with van der Waals surface area (Å²) in [5, 5.41) is -0.481. The Morgan fingerprint density at radius 1 is 1.28 bits per heavy atom. The van der Waals surface area contributed by atoms with Gasteiger partial charge in [0.1, 0.15) is 5.75 Å². The van der Waals surface area contributed by atoms with Crippen molar-refractivity contribution in [3.63, 3.8) is 0 Å². The number of benzene rings is 1. The minimum Gasteiger partial charge on any atom is -0.496 e. The summed E-state index contributed by atoms with van der Waals surface area (Å²) < 4.78 is 6.52. The summed E-state index contributed by atoms with van der Waals surface area (Å²) in [5.74, 6) is 0.818. The predicted octanol–water partition coefficient (Wildman–Crippen LogP) is 4.17. The van der Waals surface area contributed by atoms with Crippen LogP contribution < -0.4 is 4.74 Å². The SMILES string of the molecule is COc1c(C)c(C)c(Br)c(C)c1CN(C)C(=O)Cl. The fraction of sp³-hybridized carbons (Fsp3) is 0.462. The van der Waals surface area contributed by atoms with Crippen LogP contribution in [0.2, 0.25) is 0 Å². The smallest absolute Gasteiger partial charge is 0.316 e. The van der Waals surface area contributed by atoms with Crippen molar-refractivity contribution < 1.29 is 9.53 Å². The van der Waals surface area contributed by atoms with E-state index in [2.05, 4.69) is 15.9 Å². The first kappa shape index (κ1) is 15.3. The van der Waals surface area contributed by atoms with Crippen LogP contribution in [0, 0.1) is 20.8 Å². The second kappa shape index (κ2) is 5.93. The number of methoxy groups -OCH3 is 1. The third-order valence-corrected chi connectivity index (χ3v) is 4.67. The Kier molecular flexibility index (Phi) is 5.05. The monoisotopic (exact) mass is 333 g/mol. The quantitative estimate of drug-likeness (QED) is 0.613. The van der Waals surface area contributed by atoms with Crippen molar-refractivity contribution in [2.45, 2.75) is 27.3 Å². The van der Waals surface area contributed by atoms with E-state index in [4.69, 9.17) is 16.3 Å². The molecule has 0 aliphatic carbocycles. The van der Waals surface area contributed by atoms with E-state index in [0.717, 1.165) is 32.5 Å². The van der Waals surface area contributed by atoms with Crippen LogP contribution in [0.5, 0.6) is 5.75 Å². The largest absolute Gasteiger partial charge is 0.496 e. The summed E-state index contributed by atoms with van der Waals surface area (Å²) in [4.78, 5) is 12.6. The van der Waals surface area contributed by atoms with Gasteiger partial charge in [0.2, 0.25) is 0 Å². The van der Waals surface area contributed by atoms with E-state index < -0.39 is 5.37 Å². The van der Waals surface area contributed by atoms with Crippen LogP contribution in [-0.4, -0.2) is 24.4 Å². The maximum atomic E-state index is 11.1. The normalized spacial score (nSPS) is 10.4. The molecule has 0 saturated carbocycles. The molecule has 0 aliphatic heterocycles. The van der Waals surface area contributed by atoms with Crippen LogP contribution in [0.3, 0.4) is 0 Å². The molecule has 0 aromatic heterocycles. The zero-order valence-electron chi connectivity index (χ0n) is 11.2. The van der Waals surface area contributed by atoms with Gasteiger partial charge in [-0.05, 0) is 49.1 Å². The highest BCUT2D eigenvalue weighted by molar-refractivity contribution is 9.10. The zero-order chi connectivity index (χ0) is 14.0. The van der Waals surface area contributed by atoms with Gasteiger partial charge in [-0.25, -0.2) is 0 Å². The second-order valence-electron chi connectivity index (χ2n) is 4.31. The van der Waals surface area contributed by atoms with Gasteiger partial charge in [-0.1, -0.05) is 15.9 Å². The number of amides is 1. The van der Waals surface area contributed by atoms with Gasteiger partial charge in [-0.15, -0.1) is 0 Å². The average Bonchev–Trinajstić information content (AvgIpc) is 2.33. The fourth-order valence-electron chi connectivity index (χ4n) is 1.91. The van der Waals surface area contributed by atoms with E-state index in [-0.39, 0.29) is 0 Å². The molecule has 0 saturated heterocycles. The van der Waals surface area contributed by atoms with Gasteiger partial charge >= 0.3 is 5.37 Å². The highest BCUT2D eigenvalue weighted by atomic mass is 79.9. The third kappa shape index (κ3) is 2.81. The van der Waals surface area contributed by atoms with Crippen molar-refractivity contribution >= 4 is 32.9 Å². The lowest BCUT2D eigenvalue weighted by atomic mass is 9.98. The number of carbonyl (C=O) groups is 1. The van der Waals surface area contributed by atoms with E-state index in [9.17, 15) is 4.79 Å². The number of carbonyl (C=O) groups excluding carboxylic acids is 1. The molecule has 0 atom stereocenters. The molecule has 0 radical (unpaired) electrons. The molecule has 5 heteroatoms. The minimum atomic E-state index is -0.481. The topological polar surface area (TPSA) is 29.5 Å². The zero-order valence-corrected chi connectivity index (χ0v) is 13.6. The molecule has 18 heavy (non-hydrogen) atoms. The van der Waals surface area contributed by atoms with Crippen LogP contribution in [0.25, 0.3) is 0 Å². The third-order valence-electron chi connectivity index (χ3n) is 3.19. The minimum absolute atomic E-state index is 0.428. The van der Waals surface area contributed by atoms with Crippen LogP contribution in [-0.2, 0) is 6.54 Å². The molecule has 0 spiro atoms. The van der Waals surface area contributed by atoms with Crippen molar-refractivity contribution in [3.05, 3.63) is 26.7 Å². The summed E-state index contributed by atoms with van der Waals surface area (Å²) in [6, 6.07) is 0. The maximum Gasteiger partial charge on any atom is 0.316 e. The molecule has 0 fully saturated rings. The number of halogens is 2. The summed E-state index contributed by atoms with van der Waals surface area (Å²) in [6.45, 7) is 6.47. The van der Waals surface area contributed by atoms with Gasteiger partial charge in [0.25, 0.3) is 0 Å². The molecule has 1 amide bonds. The number of ether oxygens (including phenoxy) is 1. The first-order valence-electron chi connectivity index (χ1n) is 5.54. The van der Waals surface area contributed by atoms with Crippen molar-refractivity contribution in [3.8, 4) is 5.75 Å². The van der Waals surface area contributed by atoms with Crippen LogP contribution in [0.4, 0.5) is 4.79 Å². The van der Waals surface area contributed by atoms with E-state index in [1.807, 2.05) is 20.8 Å². The molecule has 0 unspecified atom stereocenters. The maximum absolute atomic E-state index is 11.1. The van der Waals surface area contributed by atoms with Gasteiger partial charge < -0.3 is 9.64 Å². The molecule has 1 rings (SSSR count). The van der Waals surface area contributed by atoms with Crippen molar-refractivity contribution in [2.75, 3.05) is 14.2 Å². The van der Waals surface area contributed by atoms with E-state index in [1.54, 1.807) is 14.2 Å². The summed E-state index contributed by atoms with van der Waals surface area (Å²) in [7, 11) is 3.30. The number of rotatable bonds is 3. The second-order valence-corrected chi connectivity index (χ2v) is 5.43. The lowest BCUT2D eigenvalue weighted by Crippen LogP contribution is -2.21. The van der Waals surface area contributed by atoms with Crippen LogP contribution in [0.1, 0.15) is 22.3 Å². The Morgan fingerprint density at radius 2 is 1.83 bits per heavy atom. The molecule has 1 aromatic rings. The summed E-state index contributed by atoms with van der Waals surface area (Å²) in [5.41, 5.74) is 4.26. The van der Waals surface area contributed by atoms with E-state index >= 15 is 0 Å². The van der Waals surface area contributed by atoms with Crippen molar-refractivity contribution in [2.24, 2.45) is 0 Å². The molecule has 0 heterocycles. The van der Waals surface area contributed by atoms with Crippen LogP contribution >= 0.6 is 27.5 Å². The lowest BCUT2D eigenvalue weighted by Gasteiger charge is -2.22. The fourth-order valence-corrected chi connectivity index (χ4v) is 2.51. The Hall–Kier alpha value is -0.740. The number of hydrogen-bond donors (Lipinski definition) is 0. The highest BCUT2D eigenvalue weighted by Gasteiger charge is 2.18. The predicted molar refractivity (Wildman–Crippen MR) is 77.6 cm³/mol. The Bertz CT molecular complexity index is 489. The van der Waals surface area contributed by atoms with Crippen molar-refractivity contribution in [1.82, 2.24) is 4.90 Å². The molecular weight excluding hydrogens is 318 g/mol. The highest BCUT2D eigenvalue weighted by Crippen LogP contribution is 2.36. The molecule has 0 N–H and O–H groups in total. The first-order chi connectivity index (χ1) is 8.31. The van der Waals surface area contributed by atoms with Gasteiger partial charge in [0, 0.05) is 17.1 Å². The number of nitrogens with zero attached hydrogens (tertiary/aromatic N) is 1. The van der Waals surface area contributed by atoms with E-state index in [1.165, 1.54) is 4.90 Å². The van der Waals surface area contributed by atoms with Gasteiger partial charge in [-0.3, -0.25) is 4.79 Å². The molecular formula is C13H17BrClNO2. The molecule has 0 bridgehead atoms. The van der Waals surface area contributed by atoms with Gasteiger partial charge in [-0.2, -0.15) is 0 Å². The number of hydrogen-bond acceptors (Lipinski definition) is 2. The standard InChI is InChI=1S/C13H17BrClNO2/c1-7-8(2)12(18-5)10(9(3)11(7)14)6-16(4)13(15)17/h6H2,1-5H3. The average molecular weight is 335 g/mol. The van der Waals surface area contributed by atoms with Gasteiger partial charge in [0.15, 0.2) is 0 Å². The summed E-state index contributed by atoms with van der Waals surface area (Å²) >= 11 is 9.05. The molecule has 100 valence electrons. The van der Waals surface area contributed by atoms with Crippen LogP contribution in [0.15, 0.2) is 4.47 Å². The Balaban J connectivity index is 3.38. The van der Waals surface area contributed by atoms with E-state index in [0.29, 0.717) is 6.54 Å².